The largest absolute Gasteiger partial charge is 0.394 e. The molecule has 22 heavy (non-hydrogen) atoms. The van der Waals surface area contributed by atoms with Crippen LogP contribution in [0.5, 0.6) is 0 Å². The van der Waals surface area contributed by atoms with E-state index in [1.54, 1.807) is 6.07 Å². The van der Waals surface area contributed by atoms with E-state index >= 15 is 0 Å². The molecule has 0 aliphatic carbocycles. The highest BCUT2D eigenvalue weighted by Gasteiger charge is 2.15. The minimum absolute atomic E-state index is 0.0312. The zero-order valence-electron chi connectivity index (χ0n) is 12.0. The van der Waals surface area contributed by atoms with Crippen LogP contribution in [0.4, 0.5) is 4.39 Å². The summed E-state index contributed by atoms with van der Waals surface area (Å²) < 4.78 is 14.6. The highest BCUT2D eigenvalue weighted by atomic mass is 19.1. The van der Waals surface area contributed by atoms with Crippen molar-refractivity contribution in [2.24, 2.45) is 0 Å². The molecule has 1 aromatic heterocycles. The highest BCUT2D eigenvalue weighted by Crippen LogP contribution is 2.09. The topological polar surface area (TPSA) is 84.2 Å². The highest BCUT2D eigenvalue weighted by molar-refractivity contribution is 5.92. The summed E-state index contributed by atoms with van der Waals surface area (Å²) in [5, 5.41) is 15.6. The van der Waals surface area contributed by atoms with Gasteiger partial charge in [-0.25, -0.2) is 4.39 Å². The van der Waals surface area contributed by atoms with Gasteiger partial charge < -0.3 is 10.4 Å². The molecule has 0 aliphatic rings. The molecule has 0 radical (unpaired) electrons. The summed E-state index contributed by atoms with van der Waals surface area (Å²) in [4.78, 5) is 23.9. The first-order valence-electron chi connectivity index (χ1n) is 6.83. The van der Waals surface area contributed by atoms with Gasteiger partial charge in [-0.05, 0) is 24.6 Å². The van der Waals surface area contributed by atoms with E-state index in [0.717, 1.165) is 10.7 Å². The van der Waals surface area contributed by atoms with Gasteiger partial charge in [-0.1, -0.05) is 19.1 Å². The van der Waals surface area contributed by atoms with Crippen molar-refractivity contribution >= 4 is 5.91 Å². The van der Waals surface area contributed by atoms with Crippen molar-refractivity contribution in [1.82, 2.24) is 15.1 Å². The molecular formula is C15H16FN3O3. The molecule has 1 atom stereocenters. The van der Waals surface area contributed by atoms with Gasteiger partial charge in [-0.2, -0.15) is 9.78 Å². The molecule has 0 saturated heterocycles. The predicted molar refractivity (Wildman–Crippen MR) is 78.4 cm³/mol. The number of hydrogen-bond acceptors (Lipinski definition) is 4. The van der Waals surface area contributed by atoms with Gasteiger partial charge in [0, 0.05) is 6.07 Å². The Morgan fingerprint density at radius 3 is 2.73 bits per heavy atom. The minimum atomic E-state index is -0.614. The molecule has 0 saturated carbocycles. The fourth-order valence-electron chi connectivity index (χ4n) is 1.86. The SMILES string of the molecule is CCC(CO)NC(=O)c1ccc(=O)n(-c2ccccc2F)n1. The van der Waals surface area contributed by atoms with Crippen LogP contribution in [-0.2, 0) is 0 Å². The quantitative estimate of drug-likeness (QED) is 0.858. The maximum Gasteiger partial charge on any atom is 0.272 e. The molecule has 0 spiro atoms. The fraction of sp³-hybridized carbons (Fsp3) is 0.267. The second-order valence-electron chi connectivity index (χ2n) is 4.68. The van der Waals surface area contributed by atoms with E-state index in [4.69, 9.17) is 5.11 Å². The van der Waals surface area contributed by atoms with Crippen molar-refractivity contribution in [2.75, 3.05) is 6.61 Å². The van der Waals surface area contributed by atoms with Crippen LogP contribution in [-0.4, -0.2) is 33.4 Å². The van der Waals surface area contributed by atoms with Crippen LogP contribution in [0, 0.1) is 5.82 Å². The Bertz CT molecular complexity index is 726. The van der Waals surface area contributed by atoms with Gasteiger partial charge in [0.2, 0.25) is 0 Å². The van der Waals surface area contributed by atoms with Crippen molar-refractivity contribution in [2.45, 2.75) is 19.4 Å². The zero-order chi connectivity index (χ0) is 16.1. The van der Waals surface area contributed by atoms with Gasteiger partial charge >= 0.3 is 0 Å². The van der Waals surface area contributed by atoms with Crippen molar-refractivity contribution in [1.29, 1.82) is 0 Å². The number of aliphatic hydroxyl groups is 1. The van der Waals surface area contributed by atoms with Crippen molar-refractivity contribution in [3.05, 3.63) is 58.3 Å². The molecule has 0 aliphatic heterocycles. The summed E-state index contributed by atoms with van der Waals surface area (Å²) in [6.45, 7) is 1.62. The van der Waals surface area contributed by atoms with E-state index in [0.29, 0.717) is 6.42 Å². The molecule has 2 N–H and O–H groups in total. The second kappa shape index (κ2) is 6.95. The number of aliphatic hydroxyl groups excluding tert-OH is 1. The van der Waals surface area contributed by atoms with Gasteiger partial charge in [-0.15, -0.1) is 0 Å². The van der Waals surface area contributed by atoms with Crippen molar-refractivity contribution in [3.8, 4) is 5.69 Å². The maximum absolute atomic E-state index is 13.8. The Hall–Kier alpha value is -2.54. The number of carbonyl (C=O) groups is 1. The molecule has 1 heterocycles. The predicted octanol–water partition coefficient (Wildman–Crippen LogP) is 0.872. The van der Waals surface area contributed by atoms with Crippen LogP contribution < -0.4 is 10.9 Å². The van der Waals surface area contributed by atoms with Gasteiger partial charge in [0.05, 0.1) is 12.6 Å². The summed E-state index contributed by atoms with van der Waals surface area (Å²) >= 11 is 0. The summed E-state index contributed by atoms with van der Waals surface area (Å²) in [5.74, 6) is -1.15. The number of nitrogens with one attached hydrogen (secondary N) is 1. The van der Waals surface area contributed by atoms with E-state index < -0.39 is 23.3 Å². The van der Waals surface area contributed by atoms with Gasteiger partial charge in [-0.3, -0.25) is 9.59 Å². The third kappa shape index (κ3) is 3.37. The zero-order valence-corrected chi connectivity index (χ0v) is 12.0. The van der Waals surface area contributed by atoms with E-state index in [9.17, 15) is 14.0 Å². The lowest BCUT2D eigenvalue weighted by Gasteiger charge is -2.14. The number of aromatic nitrogens is 2. The summed E-state index contributed by atoms with van der Waals surface area (Å²) in [6.07, 6.45) is 0.551. The first-order chi connectivity index (χ1) is 10.6. The normalized spacial score (nSPS) is 12.0. The molecular weight excluding hydrogens is 289 g/mol. The lowest BCUT2D eigenvalue weighted by atomic mass is 10.2. The lowest BCUT2D eigenvalue weighted by molar-refractivity contribution is 0.0908. The van der Waals surface area contributed by atoms with Crippen LogP contribution in [0.15, 0.2) is 41.2 Å². The Kier molecular flexibility index (Phi) is 5.00. The molecule has 0 fully saturated rings. The Balaban J connectivity index is 2.37. The number of rotatable bonds is 5. The van der Waals surface area contributed by atoms with Crippen molar-refractivity contribution < 1.29 is 14.3 Å². The third-order valence-electron chi connectivity index (χ3n) is 3.16. The van der Waals surface area contributed by atoms with E-state index in [-0.39, 0.29) is 18.0 Å². The molecule has 2 rings (SSSR count). The average Bonchev–Trinajstić information content (AvgIpc) is 2.53. The number of para-hydroxylation sites is 1. The monoisotopic (exact) mass is 305 g/mol. The molecule has 1 unspecified atom stereocenters. The molecule has 6 nitrogen and oxygen atoms in total. The average molecular weight is 305 g/mol. The molecule has 1 amide bonds. The van der Waals surface area contributed by atoms with E-state index in [1.165, 1.54) is 24.3 Å². The lowest BCUT2D eigenvalue weighted by Crippen LogP contribution is -2.38. The first-order valence-corrected chi connectivity index (χ1v) is 6.83. The van der Waals surface area contributed by atoms with Gasteiger partial charge in [0.25, 0.3) is 11.5 Å². The first kappa shape index (κ1) is 15.8. The minimum Gasteiger partial charge on any atom is -0.394 e. The number of amides is 1. The van der Waals surface area contributed by atoms with Crippen LogP contribution in [0.2, 0.25) is 0 Å². The van der Waals surface area contributed by atoms with E-state index in [2.05, 4.69) is 10.4 Å². The third-order valence-corrected chi connectivity index (χ3v) is 3.16. The van der Waals surface area contributed by atoms with Crippen LogP contribution >= 0.6 is 0 Å². The Morgan fingerprint density at radius 1 is 1.36 bits per heavy atom. The molecule has 116 valence electrons. The number of benzene rings is 1. The molecule has 1 aromatic carbocycles. The smallest absolute Gasteiger partial charge is 0.272 e. The fourth-order valence-corrected chi connectivity index (χ4v) is 1.86. The number of halogens is 1. The maximum atomic E-state index is 13.8. The Morgan fingerprint density at radius 2 is 2.09 bits per heavy atom. The molecule has 0 bridgehead atoms. The van der Waals surface area contributed by atoms with Crippen LogP contribution in [0.1, 0.15) is 23.8 Å². The van der Waals surface area contributed by atoms with Gasteiger partial charge in [0.1, 0.15) is 17.2 Å². The summed E-state index contributed by atoms with van der Waals surface area (Å²) in [5.41, 5.74) is -0.609. The Labute approximate surface area is 126 Å². The number of hydrogen-bond donors (Lipinski definition) is 2. The van der Waals surface area contributed by atoms with Crippen LogP contribution in [0.3, 0.4) is 0 Å². The van der Waals surface area contributed by atoms with Crippen molar-refractivity contribution in [3.63, 3.8) is 0 Å². The summed E-state index contributed by atoms with van der Waals surface area (Å²) in [6, 6.07) is 7.67. The second-order valence-corrected chi connectivity index (χ2v) is 4.68. The van der Waals surface area contributed by atoms with Crippen LogP contribution in [0.25, 0.3) is 5.69 Å². The molecule has 7 heteroatoms. The standard InChI is InChI=1S/C15H16FN3O3/c1-2-10(9-20)17-15(22)12-7-8-14(21)19(18-12)13-6-4-3-5-11(13)16/h3-8,10,20H,2,9H2,1H3,(H,17,22). The number of carbonyl (C=O) groups excluding carboxylic acids is 1. The van der Waals surface area contributed by atoms with Gasteiger partial charge in [0.15, 0.2) is 0 Å². The summed E-state index contributed by atoms with van der Waals surface area (Å²) in [7, 11) is 0. The number of nitrogens with zero attached hydrogens (tertiary/aromatic N) is 2. The molecule has 2 aromatic rings. The van der Waals surface area contributed by atoms with E-state index in [1.807, 2.05) is 6.92 Å².